The first-order valence-electron chi connectivity index (χ1n) is 10.4. The lowest BCUT2D eigenvalue weighted by molar-refractivity contribution is -0.118. The van der Waals surface area contributed by atoms with Crippen LogP contribution in [0.2, 0.25) is 0 Å². The first-order valence-corrected chi connectivity index (χ1v) is 10.4. The number of aliphatic hydroxyl groups excluding tert-OH is 1. The van der Waals surface area contributed by atoms with Crippen LogP contribution in [-0.4, -0.2) is 21.7 Å². The number of nitrogens with zero attached hydrogens (tertiary/aromatic N) is 2. The number of rotatable bonds is 8. The maximum Gasteiger partial charge on any atom is 0.286 e. The summed E-state index contributed by atoms with van der Waals surface area (Å²) in [6, 6.07) is 14.6. The van der Waals surface area contributed by atoms with Crippen LogP contribution < -0.4 is 0 Å². The molecule has 3 aromatic rings. The summed E-state index contributed by atoms with van der Waals surface area (Å²) in [6.07, 6.45) is 3.16. The average molecular weight is 423 g/mol. The Morgan fingerprint density at radius 2 is 1.81 bits per heavy atom. The fourth-order valence-electron chi connectivity index (χ4n) is 4.03. The number of nitroso groups, excluding NO2 is 1. The van der Waals surface area contributed by atoms with Crippen LogP contribution in [0.4, 0.5) is 4.39 Å². The number of carbonyl (C=O) groups excluding carboxylic acids is 1. The predicted octanol–water partition coefficient (Wildman–Crippen LogP) is 6.11. The highest BCUT2D eigenvalue weighted by atomic mass is 19.1. The number of fused-ring (bicyclic) bond motifs is 1. The van der Waals surface area contributed by atoms with Crippen molar-refractivity contribution in [1.82, 2.24) is 4.57 Å². The largest absolute Gasteiger partial charge is 0.389 e. The summed E-state index contributed by atoms with van der Waals surface area (Å²) in [5, 5.41) is 14.0. The van der Waals surface area contributed by atoms with E-state index in [1.54, 1.807) is 25.1 Å². The summed E-state index contributed by atoms with van der Waals surface area (Å²) in [5.74, 6) is -1.17. The minimum atomic E-state index is -0.783. The summed E-state index contributed by atoms with van der Waals surface area (Å²) in [5.41, 5.74) is 3.84. The number of amides is 1. The normalized spacial score (nSPS) is 13.7. The molecule has 0 radical (unpaired) electrons. The Hall–Kier alpha value is -3.12. The monoisotopic (exact) mass is 422 g/mol. The highest BCUT2D eigenvalue weighted by Gasteiger charge is 2.19. The number of hydrogen-bond donors (Lipinski definition) is 1. The maximum absolute atomic E-state index is 13.5. The van der Waals surface area contributed by atoms with Crippen LogP contribution >= 0.6 is 0 Å². The molecule has 31 heavy (non-hydrogen) atoms. The van der Waals surface area contributed by atoms with Gasteiger partial charge in [-0.05, 0) is 56.0 Å². The standard InChI is InChI=1S/C25H27FN2O3/c1-16(2)28-22-7-5-4-6-21(22)25(18-8-10-19(26)11-9-18)23(28)13-12-20(29)14-17(3)15-24(30)27-31/h4-13,16-17,20,29H,14-15H2,1-3H3/b13-12+/t17?,20-/m1/s1. The Kier molecular flexibility index (Phi) is 7.13. The molecule has 0 aliphatic rings. The molecule has 0 aliphatic carbocycles. The third-order valence-electron chi connectivity index (χ3n) is 5.34. The van der Waals surface area contributed by atoms with Crippen molar-refractivity contribution in [3.63, 3.8) is 0 Å². The minimum absolute atomic E-state index is 0.0154. The van der Waals surface area contributed by atoms with Crippen LogP contribution in [0.1, 0.15) is 45.3 Å². The van der Waals surface area contributed by atoms with E-state index in [2.05, 4.69) is 29.7 Å². The molecular weight excluding hydrogens is 395 g/mol. The van der Waals surface area contributed by atoms with Gasteiger partial charge >= 0.3 is 0 Å². The number of benzene rings is 2. The fraction of sp³-hybridized carbons (Fsp3) is 0.320. The second kappa shape index (κ2) is 9.79. The first kappa shape index (κ1) is 22.6. The lowest BCUT2D eigenvalue weighted by Gasteiger charge is -2.15. The molecule has 0 fully saturated rings. The number of carbonyl (C=O) groups is 1. The summed E-state index contributed by atoms with van der Waals surface area (Å²) in [4.78, 5) is 21.5. The zero-order valence-electron chi connectivity index (χ0n) is 18.0. The van der Waals surface area contributed by atoms with Crippen molar-refractivity contribution in [3.8, 4) is 11.1 Å². The SMILES string of the molecule is CC(CC(=O)N=O)C[C@H](O)/C=C/c1c(-c2ccc(F)cc2)c2ccccc2n1C(C)C. The second-order valence-corrected chi connectivity index (χ2v) is 8.20. The van der Waals surface area contributed by atoms with Gasteiger partial charge < -0.3 is 9.67 Å². The highest BCUT2D eigenvalue weighted by Crippen LogP contribution is 2.38. The Bertz CT molecular complexity index is 1100. The van der Waals surface area contributed by atoms with E-state index < -0.39 is 12.0 Å². The third-order valence-corrected chi connectivity index (χ3v) is 5.34. The molecule has 1 unspecified atom stereocenters. The van der Waals surface area contributed by atoms with Crippen molar-refractivity contribution >= 4 is 22.9 Å². The lowest BCUT2D eigenvalue weighted by atomic mass is 9.98. The van der Waals surface area contributed by atoms with E-state index in [4.69, 9.17) is 0 Å². The first-order chi connectivity index (χ1) is 14.8. The Balaban J connectivity index is 2.04. The number of halogens is 1. The van der Waals surface area contributed by atoms with E-state index >= 15 is 0 Å². The van der Waals surface area contributed by atoms with E-state index in [9.17, 15) is 19.2 Å². The van der Waals surface area contributed by atoms with Crippen LogP contribution in [0.15, 0.2) is 59.8 Å². The predicted molar refractivity (Wildman–Crippen MR) is 122 cm³/mol. The second-order valence-electron chi connectivity index (χ2n) is 8.20. The van der Waals surface area contributed by atoms with Gasteiger partial charge in [-0.1, -0.05) is 43.3 Å². The zero-order valence-corrected chi connectivity index (χ0v) is 18.0. The van der Waals surface area contributed by atoms with Gasteiger partial charge in [-0.3, -0.25) is 4.79 Å². The molecule has 6 heteroatoms. The van der Waals surface area contributed by atoms with Gasteiger partial charge in [-0.25, -0.2) is 4.39 Å². The molecule has 0 saturated carbocycles. The molecule has 1 aromatic heterocycles. The Morgan fingerprint density at radius 3 is 2.45 bits per heavy atom. The van der Waals surface area contributed by atoms with E-state index in [1.807, 2.05) is 24.3 Å². The molecule has 1 amide bonds. The van der Waals surface area contributed by atoms with Gasteiger partial charge in [0.15, 0.2) is 0 Å². The van der Waals surface area contributed by atoms with E-state index in [0.717, 1.165) is 27.7 Å². The van der Waals surface area contributed by atoms with Crippen molar-refractivity contribution in [2.75, 3.05) is 0 Å². The molecule has 5 nitrogen and oxygen atoms in total. The fourth-order valence-corrected chi connectivity index (χ4v) is 4.03. The molecule has 1 N–H and O–H groups in total. The van der Waals surface area contributed by atoms with Gasteiger partial charge in [0.05, 0.1) is 6.10 Å². The van der Waals surface area contributed by atoms with Gasteiger partial charge in [0.1, 0.15) is 5.82 Å². The van der Waals surface area contributed by atoms with E-state index in [-0.39, 0.29) is 24.2 Å². The number of hydrogen-bond acceptors (Lipinski definition) is 3. The molecule has 1 heterocycles. The van der Waals surface area contributed by atoms with Crippen molar-refractivity contribution in [3.05, 3.63) is 71.0 Å². The quantitative estimate of drug-likeness (QED) is 0.445. The highest BCUT2D eigenvalue weighted by molar-refractivity contribution is 6.01. The zero-order chi connectivity index (χ0) is 22.5. The van der Waals surface area contributed by atoms with E-state index in [1.165, 1.54) is 12.1 Å². The van der Waals surface area contributed by atoms with Crippen molar-refractivity contribution < 1.29 is 14.3 Å². The van der Waals surface area contributed by atoms with Gasteiger partial charge in [0.2, 0.25) is 0 Å². The number of aliphatic hydroxyl groups is 1. The molecule has 0 saturated heterocycles. The molecular formula is C25H27FN2O3. The van der Waals surface area contributed by atoms with Crippen LogP contribution in [0.25, 0.3) is 28.1 Å². The van der Waals surface area contributed by atoms with Crippen LogP contribution in [0.5, 0.6) is 0 Å². The smallest absolute Gasteiger partial charge is 0.286 e. The minimum Gasteiger partial charge on any atom is -0.389 e. The third kappa shape index (κ3) is 5.14. The van der Waals surface area contributed by atoms with Gasteiger partial charge in [-0.2, -0.15) is 0 Å². The summed E-state index contributed by atoms with van der Waals surface area (Å²) in [6.45, 7) is 5.98. The van der Waals surface area contributed by atoms with Gasteiger partial charge in [-0.15, -0.1) is 4.91 Å². The average Bonchev–Trinajstić information content (AvgIpc) is 3.07. The maximum atomic E-state index is 13.5. The van der Waals surface area contributed by atoms with Gasteiger partial charge in [0, 0.05) is 39.8 Å². The van der Waals surface area contributed by atoms with E-state index in [0.29, 0.717) is 6.42 Å². The Labute approximate surface area is 181 Å². The molecule has 2 aromatic carbocycles. The molecule has 3 rings (SSSR count). The number of para-hydroxylation sites is 1. The number of aromatic nitrogens is 1. The molecule has 2 atom stereocenters. The molecule has 0 aliphatic heterocycles. The molecule has 0 spiro atoms. The summed E-state index contributed by atoms with van der Waals surface area (Å²) < 4.78 is 15.7. The van der Waals surface area contributed by atoms with Crippen molar-refractivity contribution in [1.29, 1.82) is 0 Å². The Morgan fingerprint density at radius 1 is 1.13 bits per heavy atom. The van der Waals surface area contributed by atoms with Crippen molar-refractivity contribution in [2.24, 2.45) is 11.1 Å². The summed E-state index contributed by atoms with van der Waals surface area (Å²) in [7, 11) is 0. The summed E-state index contributed by atoms with van der Waals surface area (Å²) >= 11 is 0. The molecule has 162 valence electrons. The van der Waals surface area contributed by atoms with Crippen LogP contribution in [0.3, 0.4) is 0 Å². The van der Waals surface area contributed by atoms with Crippen LogP contribution in [0, 0.1) is 16.6 Å². The van der Waals surface area contributed by atoms with Crippen molar-refractivity contribution in [2.45, 2.75) is 45.8 Å². The van der Waals surface area contributed by atoms with Gasteiger partial charge in [0.25, 0.3) is 5.91 Å². The molecule has 0 bridgehead atoms. The lowest BCUT2D eigenvalue weighted by Crippen LogP contribution is -2.12. The van der Waals surface area contributed by atoms with Crippen LogP contribution in [-0.2, 0) is 4.79 Å². The topological polar surface area (TPSA) is 71.7 Å².